The highest BCUT2D eigenvalue weighted by molar-refractivity contribution is 5.31. The number of nitrogens with zero attached hydrogens (tertiary/aromatic N) is 2. The lowest BCUT2D eigenvalue weighted by Gasteiger charge is -2.22. The Morgan fingerprint density at radius 3 is 2.78 bits per heavy atom. The van der Waals surface area contributed by atoms with E-state index in [1.165, 1.54) is 32.1 Å². The second-order valence-electron chi connectivity index (χ2n) is 5.00. The molecule has 1 aromatic rings. The van der Waals surface area contributed by atoms with Gasteiger partial charge in [0.05, 0.1) is 6.61 Å². The Balaban J connectivity index is 1.99. The summed E-state index contributed by atoms with van der Waals surface area (Å²) in [6.07, 6.45) is 7.42. The van der Waals surface area contributed by atoms with Crippen molar-refractivity contribution in [2.75, 3.05) is 11.9 Å². The van der Waals surface area contributed by atoms with Crippen molar-refractivity contribution >= 4 is 5.95 Å². The molecule has 0 unspecified atom stereocenters. The number of hydrogen-bond acceptors (Lipinski definition) is 4. The fourth-order valence-electron chi connectivity index (χ4n) is 2.31. The van der Waals surface area contributed by atoms with Crippen molar-refractivity contribution in [3.05, 3.63) is 11.8 Å². The Morgan fingerprint density at radius 2 is 2.06 bits per heavy atom. The number of anilines is 1. The quantitative estimate of drug-likeness (QED) is 0.869. The lowest BCUT2D eigenvalue weighted by Crippen LogP contribution is -2.23. The molecule has 0 amide bonds. The highest BCUT2D eigenvalue weighted by Crippen LogP contribution is 2.21. The van der Waals surface area contributed by atoms with Crippen LogP contribution in [0.25, 0.3) is 0 Å². The predicted octanol–water partition coefficient (Wildman–Crippen LogP) is 3.32. The van der Waals surface area contributed by atoms with Gasteiger partial charge in [-0.15, -0.1) is 0 Å². The molecule has 0 bridgehead atoms. The maximum Gasteiger partial charge on any atom is 0.226 e. The molecular formula is C14H23N3O. The topological polar surface area (TPSA) is 47.0 Å². The molecule has 100 valence electrons. The summed E-state index contributed by atoms with van der Waals surface area (Å²) in [7, 11) is 0. The van der Waals surface area contributed by atoms with E-state index in [1.54, 1.807) is 0 Å². The van der Waals surface area contributed by atoms with Crippen molar-refractivity contribution in [3.8, 4) is 5.88 Å². The maximum atomic E-state index is 5.57. The van der Waals surface area contributed by atoms with Gasteiger partial charge in [0.15, 0.2) is 0 Å². The Hall–Kier alpha value is -1.32. The molecule has 1 saturated carbocycles. The SMILES string of the molecule is CCCOc1cc(C)nc(NC2CCCCC2)n1. The maximum absolute atomic E-state index is 5.57. The predicted molar refractivity (Wildman–Crippen MR) is 73.1 cm³/mol. The van der Waals surface area contributed by atoms with Gasteiger partial charge < -0.3 is 10.1 Å². The molecule has 4 nitrogen and oxygen atoms in total. The molecule has 2 rings (SSSR count). The number of aryl methyl sites for hydroxylation is 1. The fraction of sp³-hybridized carbons (Fsp3) is 0.714. The van der Waals surface area contributed by atoms with Gasteiger partial charge in [0.1, 0.15) is 0 Å². The normalized spacial score (nSPS) is 16.6. The molecule has 4 heteroatoms. The molecule has 18 heavy (non-hydrogen) atoms. The minimum Gasteiger partial charge on any atom is -0.478 e. The zero-order valence-corrected chi connectivity index (χ0v) is 11.4. The van der Waals surface area contributed by atoms with Gasteiger partial charge in [0.2, 0.25) is 11.8 Å². The van der Waals surface area contributed by atoms with Gasteiger partial charge in [-0.25, -0.2) is 4.98 Å². The van der Waals surface area contributed by atoms with Gasteiger partial charge >= 0.3 is 0 Å². The minimum atomic E-state index is 0.527. The molecule has 0 saturated heterocycles. The minimum absolute atomic E-state index is 0.527. The summed E-state index contributed by atoms with van der Waals surface area (Å²) in [5, 5.41) is 3.44. The van der Waals surface area contributed by atoms with E-state index >= 15 is 0 Å². The number of ether oxygens (including phenoxy) is 1. The summed E-state index contributed by atoms with van der Waals surface area (Å²) in [5.41, 5.74) is 0.953. The van der Waals surface area contributed by atoms with E-state index in [9.17, 15) is 0 Å². The van der Waals surface area contributed by atoms with Crippen LogP contribution in [0.4, 0.5) is 5.95 Å². The second kappa shape index (κ2) is 6.57. The Labute approximate surface area is 109 Å². The molecule has 1 heterocycles. The van der Waals surface area contributed by atoms with Crippen molar-refractivity contribution in [2.24, 2.45) is 0 Å². The molecule has 1 N–H and O–H groups in total. The van der Waals surface area contributed by atoms with E-state index in [0.717, 1.165) is 12.1 Å². The van der Waals surface area contributed by atoms with Gasteiger partial charge in [0.25, 0.3) is 0 Å². The third kappa shape index (κ3) is 3.86. The fourth-order valence-corrected chi connectivity index (χ4v) is 2.31. The molecule has 1 aliphatic carbocycles. The van der Waals surface area contributed by atoms with Gasteiger partial charge in [-0.2, -0.15) is 4.98 Å². The van der Waals surface area contributed by atoms with Crippen LogP contribution in [0.5, 0.6) is 5.88 Å². The zero-order chi connectivity index (χ0) is 12.8. The number of rotatable bonds is 5. The van der Waals surface area contributed by atoms with E-state index in [4.69, 9.17) is 4.74 Å². The van der Waals surface area contributed by atoms with Crippen LogP contribution in [0.1, 0.15) is 51.1 Å². The molecule has 1 aliphatic rings. The van der Waals surface area contributed by atoms with Crippen molar-refractivity contribution in [1.29, 1.82) is 0 Å². The van der Waals surface area contributed by atoms with Crippen LogP contribution in [0, 0.1) is 6.92 Å². The summed E-state index contributed by atoms with van der Waals surface area (Å²) in [4.78, 5) is 8.85. The third-order valence-electron chi connectivity index (χ3n) is 3.22. The van der Waals surface area contributed by atoms with Gasteiger partial charge in [-0.1, -0.05) is 26.2 Å². The first-order valence-electron chi connectivity index (χ1n) is 7.03. The van der Waals surface area contributed by atoms with Gasteiger partial charge in [-0.3, -0.25) is 0 Å². The highest BCUT2D eigenvalue weighted by Gasteiger charge is 2.14. The zero-order valence-electron chi connectivity index (χ0n) is 11.4. The lowest BCUT2D eigenvalue weighted by atomic mass is 9.96. The van der Waals surface area contributed by atoms with Crippen molar-refractivity contribution in [1.82, 2.24) is 9.97 Å². The van der Waals surface area contributed by atoms with Crippen molar-refractivity contribution < 1.29 is 4.74 Å². The summed E-state index contributed by atoms with van der Waals surface area (Å²) in [6.45, 7) is 4.78. The summed E-state index contributed by atoms with van der Waals surface area (Å²) >= 11 is 0. The molecular weight excluding hydrogens is 226 g/mol. The lowest BCUT2D eigenvalue weighted by molar-refractivity contribution is 0.304. The Bertz CT molecular complexity index is 375. The van der Waals surface area contributed by atoms with Crippen molar-refractivity contribution in [2.45, 2.75) is 58.4 Å². The van der Waals surface area contributed by atoms with E-state index in [2.05, 4.69) is 22.2 Å². The van der Waals surface area contributed by atoms with Gasteiger partial charge in [0, 0.05) is 17.8 Å². The summed E-state index contributed by atoms with van der Waals surface area (Å²) in [5.74, 6) is 1.40. The highest BCUT2D eigenvalue weighted by atomic mass is 16.5. The average Bonchev–Trinajstić information content (AvgIpc) is 2.37. The van der Waals surface area contributed by atoms with E-state index < -0.39 is 0 Å². The largest absolute Gasteiger partial charge is 0.478 e. The van der Waals surface area contributed by atoms with Gasteiger partial charge in [-0.05, 0) is 26.2 Å². The van der Waals surface area contributed by atoms with Crippen LogP contribution >= 0.6 is 0 Å². The first kappa shape index (κ1) is 13.1. The van der Waals surface area contributed by atoms with Crippen LogP contribution in [0.3, 0.4) is 0 Å². The number of aromatic nitrogens is 2. The second-order valence-corrected chi connectivity index (χ2v) is 5.00. The first-order valence-corrected chi connectivity index (χ1v) is 7.03. The van der Waals surface area contributed by atoms with Crippen LogP contribution in [0.2, 0.25) is 0 Å². The van der Waals surface area contributed by atoms with Crippen molar-refractivity contribution in [3.63, 3.8) is 0 Å². The smallest absolute Gasteiger partial charge is 0.226 e. The third-order valence-corrected chi connectivity index (χ3v) is 3.22. The Morgan fingerprint density at radius 1 is 1.28 bits per heavy atom. The number of nitrogens with one attached hydrogen (secondary N) is 1. The number of hydrogen-bond donors (Lipinski definition) is 1. The van der Waals surface area contributed by atoms with E-state index in [0.29, 0.717) is 24.5 Å². The summed E-state index contributed by atoms with van der Waals surface area (Å²) in [6, 6.07) is 2.42. The standard InChI is InChI=1S/C14H23N3O/c1-3-9-18-13-10-11(2)15-14(17-13)16-12-7-5-4-6-8-12/h10,12H,3-9H2,1-2H3,(H,15,16,17). The van der Waals surface area contributed by atoms with E-state index in [1.807, 2.05) is 13.0 Å². The molecule has 0 aliphatic heterocycles. The summed E-state index contributed by atoms with van der Waals surface area (Å²) < 4.78 is 5.57. The molecule has 0 radical (unpaired) electrons. The van der Waals surface area contributed by atoms with Crippen LogP contribution in [0.15, 0.2) is 6.07 Å². The van der Waals surface area contributed by atoms with Crippen LogP contribution in [-0.4, -0.2) is 22.6 Å². The molecule has 0 aromatic carbocycles. The molecule has 0 atom stereocenters. The van der Waals surface area contributed by atoms with Crippen LogP contribution < -0.4 is 10.1 Å². The first-order chi connectivity index (χ1) is 8.78. The average molecular weight is 249 g/mol. The monoisotopic (exact) mass is 249 g/mol. The van der Waals surface area contributed by atoms with E-state index in [-0.39, 0.29) is 0 Å². The molecule has 0 spiro atoms. The molecule has 1 aromatic heterocycles. The molecule has 1 fully saturated rings. The Kier molecular flexibility index (Phi) is 4.79. The van der Waals surface area contributed by atoms with Crippen LogP contribution in [-0.2, 0) is 0 Å².